The van der Waals surface area contributed by atoms with Gasteiger partial charge in [-0.15, -0.1) is 0 Å². The lowest BCUT2D eigenvalue weighted by Crippen LogP contribution is -2.48. The number of Topliss-reactive ketones (excluding diaryl/α,β-unsaturated/α-hetero) is 1. The van der Waals surface area contributed by atoms with Crippen LogP contribution in [0.3, 0.4) is 0 Å². The summed E-state index contributed by atoms with van der Waals surface area (Å²) in [5.74, 6) is -1.49. The minimum absolute atomic E-state index is 0.0337. The van der Waals surface area contributed by atoms with Crippen LogP contribution < -0.4 is 5.32 Å². The SMILES string of the molecule is CC(O)C1CCCCN1S(=O)(=O)c1ccc2c(c1)C(=O)C(=O)N2. The Bertz CT molecular complexity index is 772. The van der Waals surface area contributed by atoms with E-state index in [1.54, 1.807) is 6.92 Å². The van der Waals surface area contributed by atoms with Crippen molar-refractivity contribution in [3.05, 3.63) is 23.8 Å². The first-order chi connectivity index (χ1) is 10.8. The molecule has 1 aromatic rings. The van der Waals surface area contributed by atoms with Crippen LogP contribution >= 0.6 is 0 Å². The first-order valence-corrected chi connectivity index (χ1v) is 8.96. The number of hydrogen-bond donors (Lipinski definition) is 2. The van der Waals surface area contributed by atoms with Gasteiger partial charge >= 0.3 is 0 Å². The molecule has 2 unspecified atom stereocenters. The Balaban J connectivity index is 2.00. The number of carbonyl (C=O) groups is 2. The number of hydrogen-bond acceptors (Lipinski definition) is 5. The van der Waals surface area contributed by atoms with Gasteiger partial charge in [-0.1, -0.05) is 6.42 Å². The summed E-state index contributed by atoms with van der Waals surface area (Å²) in [6, 6.07) is 3.56. The molecule has 0 saturated carbocycles. The summed E-state index contributed by atoms with van der Waals surface area (Å²) in [5, 5.41) is 12.3. The highest BCUT2D eigenvalue weighted by molar-refractivity contribution is 7.89. The van der Waals surface area contributed by atoms with Crippen molar-refractivity contribution in [2.75, 3.05) is 11.9 Å². The molecule has 0 spiro atoms. The molecule has 0 bridgehead atoms. The molecule has 0 aliphatic carbocycles. The third-order valence-corrected chi connectivity index (χ3v) is 6.27. The van der Waals surface area contributed by atoms with Gasteiger partial charge in [0, 0.05) is 6.54 Å². The van der Waals surface area contributed by atoms with Crippen LogP contribution in [0.5, 0.6) is 0 Å². The van der Waals surface area contributed by atoms with E-state index in [2.05, 4.69) is 5.32 Å². The Morgan fingerprint density at radius 3 is 2.74 bits per heavy atom. The van der Waals surface area contributed by atoms with Crippen LogP contribution in [0.15, 0.2) is 23.1 Å². The second-order valence-corrected chi connectivity index (χ2v) is 7.80. The summed E-state index contributed by atoms with van der Waals surface area (Å²) < 4.78 is 27.1. The number of amides is 1. The third-order valence-electron chi connectivity index (χ3n) is 4.35. The first-order valence-electron chi connectivity index (χ1n) is 7.52. The van der Waals surface area contributed by atoms with Gasteiger partial charge < -0.3 is 10.4 Å². The summed E-state index contributed by atoms with van der Waals surface area (Å²) in [5.41, 5.74) is 0.395. The second kappa shape index (κ2) is 5.70. The predicted octanol–water partition coefficient (Wildman–Crippen LogP) is 0.745. The maximum atomic E-state index is 12.9. The number of ketones is 1. The van der Waals surface area contributed by atoms with E-state index >= 15 is 0 Å². The van der Waals surface area contributed by atoms with Crippen LogP contribution in [0.25, 0.3) is 0 Å². The molecule has 3 rings (SSSR count). The molecule has 2 atom stereocenters. The summed E-state index contributed by atoms with van der Waals surface area (Å²) in [7, 11) is -3.84. The van der Waals surface area contributed by atoms with Gasteiger partial charge in [0.2, 0.25) is 10.0 Å². The topological polar surface area (TPSA) is 104 Å². The molecule has 1 saturated heterocycles. The molecule has 0 radical (unpaired) electrons. The molecular formula is C15H18N2O5S. The molecule has 23 heavy (non-hydrogen) atoms. The van der Waals surface area contributed by atoms with Gasteiger partial charge in [-0.25, -0.2) is 8.42 Å². The highest BCUT2D eigenvalue weighted by atomic mass is 32.2. The van der Waals surface area contributed by atoms with E-state index in [-0.39, 0.29) is 10.5 Å². The highest BCUT2D eigenvalue weighted by Crippen LogP contribution is 2.31. The highest BCUT2D eigenvalue weighted by Gasteiger charge is 2.37. The van der Waals surface area contributed by atoms with Crippen molar-refractivity contribution in [2.24, 2.45) is 0 Å². The summed E-state index contributed by atoms with van der Waals surface area (Å²) in [6.45, 7) is 1.91. The van der Waals surface area contributed by atoms with E-state index in [0.29, 0.717) is 18.7 Å². The van der Waals surface area contributed by atoms with E-state index in [9.17, 15) is 23.1 Å². The molecule has 2 N–H and O–H groups in total. The fraction of sp³-hybridized carbons (Fsp3) is 0.467. The van der Waals surface area contributed by atoms with Crippen molar-refractivity contribution in [1.29, 1.82) is 0 Å². The van der Waals surface area contributed by atoms with Crippen molar-refractivity contribution in [1.82, 2.24) is 4.31 Å². The van der Waals surface area contributed by atoms with Crippen LogP contribution in [0.1, 0.15) is 36.5 Å². The van der Waals surface area contributed by atoms with Crippen molar-refractivity contribution < 1.29 is 23.1 Å². The molecule has 8 heteroatoms. The molecule has 7 nitrogen and oxygen atoms in total. The fourth-order valence-electron chi connectivity index (χ4n) is 3.13. The normalized spacial score (nSPS) is 23.5. The van der Waals surface area contributed by atoms with Crippen LogP contribution in [0.2, 0.25) is 0 Å². The number of rotatable bonds is 3. The average Bonchev–Trinajstić information content (AvgIpc) is 2.81. The quantitative estimate of drug-likeness (QED) is 0.791. The van der Waals surface area contributed by atoms with Gasteiger partial charge in [0.25, 0.3) is 11.7 Å². The van der Waals surface area contributed by atoms with Gasteiger partial charge in [-0.05, 0) is 38.0 Å². The predicted molar refractivity (Wildman–Crippen MR) is 82.6 cm³/mol. The van der Waals surface area contributed by atoms with Crippen molar-refractivity contribution in [2.45, 2.75) is 43.2 Å². The maximum Gasteiger partial charge on any atom is 0.296 e. The van der Waals surface area contributed by atoms with Crippen molar-refractivity contribution in [3.8, 4) is 0 Å². The van der Waals surface area contributed by atoms with Crippen LogP contribution in [-0.2, 0) is 14.8 Å². The van der Waals surface area contributed by atoms with Gasteiger partial charge in [-0.2, -0.15) is 4.31 Å². The van der Waals surface area contributed by atoms with Crippen LogP contribution in [0, 0.1) is 0 Å². The van der Waals surface area contributed by atoms with Crippen LogP contribution in [-0.4, -0.2) is 48.2 Å². The van der Waals surface area contributed by atoms with Crippen molar-refractivity contribution in [3.63, 3.8) is 0 Å². The first kappa shape index (κ1) is 16.1. The Morgan fingerprint density at radius 1 is 1.30 bits per heavy atom. The van der Waals surface area contributed by atoms with Gasteiger partial charge in [0.1, 0.15) is 0 Å². The monoisotopic (exact) mass is 338 g/mol. The van der Waals surface area contributed by atoms with Gasteiger partial charge in [-0.3, -0.25) is 9.59 Å². The fourth-order valence-corrected chi connectivity index (χ4v) is 4.91. The standard InChI is InChI=1S/C15H18N2O5S/c1-9(18)13-4-2-3-7-17(13)23(21,22)10-5-6-12-11(8-10)14(19)15(20)16-12/h5-6,8-9,13,18H,2-4,7H2,1H3,(H,16,19,20). The molecule has 2 aliphatic rings. The lowest BCUT2D eigenvalue weighted by atomic mass is 10.0. The lowest BCUT2D eigenvalue weighted by molar-refractivity contribution is -0.112. The van der Waals surface area contributed by atoms with Gasteiger partial charge in [0.05, 0.1) is 28.3 Å². The van der Waals surface area contributed by atoms with E-state index in [4.69, 9.17) is 0 Å². The lowest BCUT2D eigenvalue weighted by Gasteiger charge is -2.36. The smallest absolute Gasteiger partial charge is 0.296 e. The maximum absolute atomic E-state index is 12.9. The number of nitrogens with zero attached hydrogens (tertiary/aromatic N) is 1. The van der Waals surface area contributed by atoms with E-state index in [1.807, 2.05) is 0 Å². The number of aliphatic hydroxyl groups is 1. The second-order valence-electron chi connectivity index (χ2n) is 5.91. The number of aliphatic hydroxyl groups excluding tert-OH is 1. The summed E-state index contributed by atoms with van der Waals surface area (Å²) in [4.78, 5) is 23.1. The summed E-state index contributed by atoms with van der Waals surface area (Å²) in [6.07, 6.45) is 1.42. The Kier molecular flexibility index (Phi) is 3.99. The zero-order chi connectivity index (χ0) is 16.8. The number of sulfonamides is 1. The number of fused-ring (bicyclic) bond motifs is 1. The van der Waals surface area contributed by atoms with E-state index < -0.39 is 33.9 Å². The largest absolute Gasteiger partial charge is 0.392 e. The zero-order valence-electron chi connectivity index (χ0n) is 12.7. The number of benzene rings is 1. The van der Waals surface area contributed by atoms with E-state index in [0.717, 1.165) is 12.8 Å². The molecule has 2 aliphatic heterocycles. The molecule has 0 aromatic heterocycles. The molecule has 1 amide bonds. The number of anilines is 1. The van der Waals surface area contributed by atoms with Crippen molar-refractivity contribution >= 4 is 27.4 Å². The number of piperidine rings is 1. The Labute approximate surface area is 134 Å². The average molecular weight is 338 g/mol. The Morgan fingerprint density at radius 2 is 2.04 bits per heavy atom. The van der Waals surface area contributed by atoms with Gasteiger partial charge in [0.15, 0.2) is 0 Å². The molecule has 2 heterocycles. The van der Waals surface area contributed by atoms with Crippen LogP contribution in [0.4, 0.5) is 5.69 Å². The Hall–Kier alpha value is -1.77. The third kappa shape index (κ3) is 2.66. The minimum Gasteiger partial charge on any atom is -0.392 e. The zero-order valence-corrected chi connectivity index (χ0v) is 13.5. The molecule has 1 aromatic carbocycles. The molecule has 1 fully saturated rings. The molecular weight excluding hydrogens is 320 g/mol. The minimum atomic E-state index is -3.84. The molecule has 124 valence electrons. The van der Waals surface area contributed by atoms with E-state index in [1.165, 1.54) is 22.5 Å². The number of nitrogens with one attached hydrogen (secondary N) is 1. The summed E-state index contributed by atoms with van der Waals surface area (Å²) >= 11 is 0. The number of carbonyl (C=O) groups excluding carboxylic acids is 2.